The molecule has 1 fully saturated rings. The lowest BCUT2D eigenvalue weighted by atomic mass is 10.1. The Labute approximate surface area is 76.1 Å². The SMILES string of the molecule is CC(C)N1CCC(CN)C1.CN. The molecule has 0 aromatic carbocycles. The molecule has 1 heterocycles. The minimum Gasteiger partial charge on any atom is -0.333 e. The lowest BCUT2D eigenvalue weighted by Crippen LogP contribution is -2.29. The zero-order chi connectivity index (χ0) is 9.56. The van der Waals surface area contributed by atoms with Crippen LogP contribution in [0.1, 0.15) is 20.3 Å². The summed E-state index contributed by atoms with van der Waals surface area (Å²) in [5.74, 6) is 0.766. The molecule has 0 bridgehead atoms. The van der Waals surface area contributed by atoms with Crippen LogP contribution in [0.2, 0.25) is 0 Å². The van der Waals surface area contributed by atoms with E-state index in [1.54, 1.807) is 0 Å². The van der Waals surface area contributed by atoms with Gasteiger partial charge in [0.05, 0.1) is 0 Å². The summed E-state index contributed by atoms with van der Waals surface area (Å²) in [6.45, 7) is 7.83. The molecule has 1 aliphatic rings. The number of nitrogens with zero attached hydrogens (tertiary/aromatic N) is 1. The molecular formula is C9H23N3. The summed E-state index contributed by atoms with van der Waals surface area (Å²) in [6, 6.07) is 0.705. The van der Waals surface area contributed by atoms with Crippen molar-refractivity contribution in [2.75, 3.05) is 26.7 Å². The molecule has 1 aliphatic heterocycles. The predicted molar refractivity (Wildman–Crippen MR) is 54.0 cm³/mol. The van der Waals surface area contributed by atoms with E-state index in [1.807, 2.05) is 0 Å². The van der Waals surface area contributed by atoms with E-state index in [9.17, 15) is 0 Å². The molecule has 1 saturated heterocycles. The average molecular weight is 173 g/mol. The Morgan fingerprint density at radius 3 is 2.25 bits per heavy atom. The van der Waals surface area contributed by atoms with Crippen molar-refractivity contribution in [3.05, 3.63) is 0 Å². The number of hydrogen-bond acceptors (Lipinski definition) is 3. The number of likely N-dealkylation sites (tertiary alicyclic amines) is 1. The van der Waals surface area contributed by atoms with Crippen molar-refractivity contribution in [1.82, 2.24) is 4.90 Å². The average Bonchev–Trinajstić information content (AvgIpc) is 2.55. The van der Waals surface area contributed by atoms with E-state index in [0.29, 0.717) is 6.04 Å². The van der Waals surface area contributed by atoms with Gasteiger partial charge in [0.2, 0.25) is 0 Å². The predicted octanol–water partition coefficient (Wildman–Crippen LogP) is 0.250. The van der Waals surface area contributed by atoms with Gasteiger partial charge in [-0.3, -0.25) is 0 Å². The first-order valence-electron chi connectivity index (χ1n) is 4.76. The highest BCUT2D eigenvalue weighted by Gasteiger charge is 2.22. The third-order valence-corrected chi connectivity index (χ3v) is 2.38. The Morgan fingerprint density at radius 2 is 2.00 bits per heavy atom. The highest BCUT2D eigenvalue weighted by molar-refractivity contribution is 4.77. The normalized spacial score (nSPS) is 24.0. The molecule has 1 unspecified atom stereocenters. The molecule has 3 nitrogen and oxygen atoms in total. The molecule has 1 atom stereocenters. The summed E-state index contributed by atoms with van der Waals surface area (Å²) < 4.78 is 0. The Hall–Kier alpha value is -0.120. The van der Waals surface area contributed by atoms with Crippen molar-refractivity contribution in [3.8, 4) is 0 Å². The first-order chi connectivity index (χ1) is 5.74. The Morgan fingerprint density at radius 1 is 1.42 bits per heavy atom. The molecule has 3 heteroatoms. The van der Waals surface area contributed by atoms with E-state index in [1.165, 1.54) is 26.6 Å². The largest absolute Gasteiger partial charge is 0.333 e. The van der Waals surface area contributed by atoms with Gasteiger partial charge in [-0.25, -0.2) is 0 Å². The first kappa shape index (κ1) is 11.9. The summed E-state index contributed by atoms with van der Waals surface area (Å²) in [7, 11) is 1.50. The van der Waals surface area contributed by atoms with Gasteiger partial charge < -0.3 is 16.4 Å². The van der Waals surface area contributed by atoms with Crippen LogP contribution in [-0.2, 0) is 0 Å². The van der Waals surface area contributed by atoms with Gasteiger partial charge in [0, 0.05) is 12.6 Å². The van der Waals surface area contributed by atoms with Gasteiger partial charge in [0.25, 0.3) is 0 Å². The molecule has 74 valence electrons. The molecule has 0 saturated carbocycles. The minimum absolute atomic E-state index is 0.705. The van der Waals surface area contributed by atoms with E-state index in [2.05, 4.69) is 24.5 Å². The van der Waals surface area contributed by atoms with Crippen LogP contribution in [0.3, 0.4) is 0 Å². The Kier molecular flexibility index (Phi) is 6.34. The van der Waals surface area contributed by atoms with Crippen molar-refractivity contribution >= 4 is 0 Å². The van der Waals surface area contributed by atoms with Crippen molar-refractivity contribution in [2.45, 2.75) is 26.3 Å². The smallest absolute Gasteiger partial charge is 0.00387 e. The summed E-state index contributed by atoms with van der Waals surface area (Å²) in [4.78, 5) is 2.50. The molecule has 12 heavy (non-hydrogen) atoms. The van der Waals surface area contributed by atoms with Crippen molar-refractivity contribution in [3.63, 3.8) is 0 Å². The van der Waals surface area contributed by atoms with Crippen molar-refractivity contribution in [2.24, 2.45) is 17.4 Å². The quantitative estimate of drug-likeness (QED) is 0.629. The molecule has 0 aromatic heterocycles. The zero-order valence-corrected chi connectivity index (χ0v) is 8.59. The molecule has 0 amide bonds. The maximum atomic E-state index is 5.57. The molecule has 1 rings (SSSR count). The fourth-order valence-corrected chi connectivity index (χ4v) is 1.52. The lowest BCUT2D eigenvalue weighted by molar-refractivity contribution is 0.266. The first-order valence-corrected chi connectivity index (χ1v) is 4.76. The van der Waals surface area contributed by atoms with E-state index in [4.69, 9.17) is 5.73 Å². The van der Waals surface area contributed by atoms with Gasteiger partial charge in [0.1, 0.15) is 0 Å². The number of nitrogens with two attached hydrogens (primary N) is 2. The van der Waals surface area contributed by atoms with Crippen LogP contribution in [0, 0.1) is 5.92 Å². The van der Waals surface area contributed by atoms with Gasteiger partial charge in [-0.1, -0.05) is 0 Å². The second-order valence-electron chi connectivity index (χ2n) is 3.48. The Balaban J connectivity index is 0.000000561. The van der Waals surface area contributed by atoms with Crippen LogP contribution < -0.4 is 11.5 Å². The van der Waals surface area contributed by atoms with Crippen LogP contribution >= 0.6 is 0 Å². The van der Waals surface area contributed by atoms with Gasteiger partial charge in [-0.15, -0.1) is 0 Å². The molecule has 0 aliphatic carbocycles. The summed E-state index contributed by atoms with van der Waals surface area (Å²) in [5.41, 5.74) is 10.1. The van der Waals surface area contributed by atoms with Crippen LogP contribution in [0.15, 0.2) is 0 Å². The fourth-order valence-electron chi connectivity index (χ4n) is 1.52. The Bertz CT molecular complexity index is 104. The maximum Gasteiger partial charge on any atom is 0.00387 e. The zero-order valence-electron chi connectivity index (χ0n) is 8.59. The van der Waals surface area contributed by atoms with Gasteiger partial charge >= 0.3 is 0 Å². The van der Waals surface area contributed by atoms with Gasteiger partial charge in [0.15, 0.2) is 0 Å². The molecular weight excluding hydrogens is 150 g/mol. The number of hydrogen-bond donors (Lipinski definition) is 2. The molecule has 0 spiro atoms. The van der Waals surface area contributed by atoms with Crippen LogP contribution in [-0.4, -0.2) is 37.6 Å². The van der Waals surface area contributed by atoms with E-state index < -0.39 is 0 Å². The third kappa shape index (κ3) is 3.52. The van der Waals surface area contributed by atoms with Crippen LogP contribution in [0.5, 0.6) is 0 Å². The molecule has 0 radical (unpaired) electrons. The number of rotatable bonds is 2. The van der Waals surface area contributed by atoms with E-state index >= 15 is 0 Å². The summed E-state index contributed by atoms with van der Waals surface area (Å²) >= 11 is 0. The second kappa shape index (κ2) is 6.40. The topological polar surface area (TPSA) is 55.3 Å². The fraction of sp³-hybridized carbons (Fsp3) is 1.00. The third-order valence-electron chi connectivity index (χ3n) is 2.38. The van der Waals surface area contributed by atoms with Crippen LogP contribution in [0.4, 0.5) is 0 Å². The highest BCUT2D eigenvalue weighted by Crippen LogP contribution is 2.16. The summed E-state index contributed by atoms with van der Waals surface area (Å²) in [6.07, 6.45) is 1.30. The maximum absolute atomic E-state index is 5.57. The summed E-state index contributed by atoms with van der Waals surface area (Å²) in [5, 5.41) is 0. The van der Waals surface area contributed by atoms with Crippen molar-refractivity contribution < 1.29 is 0 Å². The monoisotopic (exact) mass is 173 g/mol. The second-order valence-corrected chi connectivity index (χ2v) is 3.48. The van der Waals surface area contributed by atoms with Gasteiger partial charge in [-0.05, 0) is 46.3 Å². The highest BCUT2D eigenvalue weighted by atomic mass is 15.2. The van der Waals surface area contributed by atoms with E-state index in [-0.39, 0.29) is 0 Å². The molecule has 4 N–H and O–H groups in total. The van der Waals surface area contributed by atoms with Crippen LogP contribution in [0.25, 0.3) is 0 Å². The molecule has 0 aromatic rings. The minimum atomic E-state index is 0.705. The van der Waals surface area contributed by atoms with Gasteiger partial charge in [-0.2, -0.15) is 0 Å². The standard InChI is InChI=1S/C8H18N2.CH5N/c1-7(2)10-4-3-8(5-9)6-10;1-2/h7-8H,3-6,9H2,1-2H3;2H2,1H3. The van der Waals surface area contributed by atoms with E-state index in [0.717, 1.165) is 12.5 Å². The van der Waals surface area contributed by atoms with Crippen molar-refractivity contribution in [1.29, 1.82) is 0 Å². The lowest BCUT2D eigenvalue weighted by Gasteiger charge is -2.19.